The highest BCUT2D eigenvalue weighted by Crippen LogP contribution is 2.33. The van der Waals surface area contributed by atoms with E-state index in [-0.39, 0.29) is 17.6 Å². The normalized spacial score (nSPS) is 14.5. The topological polar surface area (TPSA) is 61.0 Å². The molecule has 28 heavy (non-hydrogen) atoms. The lowest BCUT2D eigenvalue weighted by Gasteiger charge is -2.37. The van der Waals surface area contributed by atoms with Gasteiger partial charge in [-0.15, -0.1) is 0 Å². The fourth-order valence-corrected chi connectivity index (χ4v) is 4.64. The molecule has 1 saturated heterocycles. The maximum absolute atomic E-state index is 13.8. The molecular weight excluding hydrogens is 375 g/mol. The van der Waals surface area contributed by atoms with Gasteiger partial charge in [0.05, 0.1) is 10.6 Å². The van der Waals surface area contributed by atoms with E-state index in [9.17, 15) is 9.18 Å². The summed E-state index contributed by atoms with van der Waals surface area (Å²) in [5.74, 6) is -0.268. The molecule has 5 rings (SSSR count). The number of rotatable bonds is 5. The van der Waals surface area contributed by atoms with Gasteiger partial charge in [0.15, 0.2) is 5.13 Å². The molecule has 0 saturated carbocycles. The monoisotopic (exact) mass is 394 g/mol. The number of nitrogens with zero attached hydrogens (tertiary/aromatic N) is 2. The maximum atomic E-state index is 13.8. The molecule has 3 heterocycles. The van der Waals surface area contributed by atoms with E-state index in [1.807, 2.05) is 35.4 Å². The summed E-state index contributed by atoms with van der Waals surface area (Å²) in [6.07, 6.45) is 2.80. The molecule has 1 aliphatic heterocycles. The Bertz CT molecular complexity index is 1160. The number of para-hydroxylation sites is 2. The SMILES string of the molecule is O=C(NCCc1c[nH]c2ccccc12)C1CN(c2nc3c(F)cccc3s2)C1. The van der Waals surface area contributed by atoms with Gasteiger partial charge >= 0.3 is 0 Å². The predicted molar refractivity (Wildman–Crippen MR) is 110 cm³/mol. The highest BCUT2D eigenvalue weighted by atomic mass is 32.1. The number of nitrogens with one attached hydrogen (secondary N) is 2. The number of hydrogen-bond donors (Lipinski definition) is 2. The molecule has 1 aliphatic rings. The van der Waals surface area contributed by atoms with E-state index in [1.54, 1.807) is 6.07 Å². The zero-order valence-corrected chi connectivity index (χ0v) is 15.9. The van der Waals surface area contributed by atoms with E-state index in [0.717, 1.165) is 21.8 Å². The number of hydrogen-bond acceptors (Lipinski definition) is 4. The number of aromatic amines is 1. The second-order valence-electron chi connectivity index (χ2n) is 7.09. The molecule has 0 aliphatic carbocycles. The molecule has 4 aromatic rings. The number of fused-ring (bicyclic) bond motifs is 2. The van der Waals surface area contributed by atoms with Crippen LogP contribution in [0.4, 0.5) is 9.52 Å². The summed E-state index contributed by atoms with van der Waals surface area (Å²) in [6.45, 7) is 1.87. The molecule has 1 fully saturated rings. The van der Waals surface area contributed by atoms with Gasteiger partial charge in [0.2, 0.25) is 5.91 Å². The average Bonchev–Trinajstić information content (AvgIpc) is 3.26. The third-order valence-electron chi connectivity index (χ3n) is 5.25. The molecule has 142 valence electrons. The molecular formula is C21H19FN4OS. The van der Waals surface area contributed by atoms with E-state index in [2.05, 4.69) is 21.4 Å². The largest absolute Gasteiger partial charge is 0.361 e. The van der Waals surface area contributed by atoms with Gasteiger partial charge in [-0.05, 0) is 30.2 Å². The first-order valence-electron chi connectivity index (χ1n) is 9.32. The van der Waals surface area contributed by atoms with Crippen LogP contribution in [-0.2, 0) is 11.2 Å². The first-order chi connectivity index (χ1) is 13.7. The van der Waals surface area contributed by atoms with Crippen molar-refractivity contribution in [3.63, 3.8) is 0 Å². The fourth-order valence-electron chi connectivity index (χ4n) is 3.64. The van der Waals surface area contributed by atoms with Crippen molar-refractivity contribution in [1.82, 2.24) is 15.3 Å². The number of carbonyl (C=O) groups excluding carboxylic acids is 1. The summed E-state index contributed by atoms with van der Waals surface area (Å²) in [4.78, 5) is 22.1. The summed E-state index contributed by atoms with van der Waals surface area (Å²) >= 11 is 1.47. The van der Waals surface area contributed by atoms with Crippen LogP contribution in [0.25, 0.3) is 21.1 Å². The molecule has 2 N–H and O–H groups in total. The standard InChI is InChI=1S/C21H19FN4OS/c22-16-5-3-7-18-19(16)25-21(28-18)26-11-14(12-26)20(27)23-9-8-13-10-24-17-6-2-1-4-15(13)17/h1-7,10,14,24H,8-9,11-12H2,(H,23,27). The number of aromatic nitrogens is 2. The Balaban J connectivity index is 1.15. The minimum absolute atomic E-state index is 0.0418. The summed E-state index contributed by atoms with van der Waals surface area (Å²) in [7, 11) is 0. The first kappa shape index (κ1) is 17.2. The van der Waals surface area contributed by atoms with Crippen molar-refractivity contribution in [2.24, 2.45) is 5.92 Å². The van der Waals surface area contributed by atoms with Crippen LogP contribution >= 0.6 is 11.3 Å². The molecule has 0 unspecified atom stereocenters. The lowest BCUT2D eigenvalue weighted by molar-refractivity contribution is -0.125. The van der Waals surface area contributed by atoms with E-state index in [4.69, 9.17) is 0 Å². The third-order valence-corrected chi connectivity index (χ3v) is 6.33. The van der Waals surface area contributed by atoms with Gasteiger partial charge in [-0.2, -0.15) is 0 Å². The Kier molecular flexibility index (Phi) is 4.24. The van der Waals surface area contributed by atoms with Crippen molar-refractivity contribution in [2.75, 3.05) is 24.5 Å². The van der Waals surface area contributed by atoms with Gasteiger partial charge in [0, 0.05) is 36.7 Å². The highest BCUT2D eigenvalue weighted by Gasteiger charge is 2.34. The molecule has 1 amide bonds. The van der Waals surface area contributed by atoms with Gasteiger partial charge in [-0.3, -0.25) is 4.79 Å². The van der Waals surface area contributed by atoms with E-state index >= 15 is 0 Å². The molecule has 0 radical (unpaired) electrons. The van der Waals surface area contributed by atoms with Crippen LogP contribution in [0, 0.1) is 11.7 Å². The lowest BCUT2D eigenvalue weighted by Crippen LogP contribution is -2.54. The van der Waals surface area contributed by atoms with Crippen molar-refractivity contribution >= 4 is 43.5 Å². The number of benzene rings is 2. The fraction of sp³-hybridized carbons (Fsp3) is 0.238. The van der Waals surface area contributed by atoms with E-state index < -0.39 is 0 Å². The molecule has 2 aromatic heterocycles. The van der Waals surface area contributed by atoms with Crippen molar-refractivity contribution in [2.45, 2.75) is 6.42 Å². The van der Waals surface area contributed by atoms with Gasteiger partial charge in [0.1, 0.15) is 11.3 Å². The van der Waals surface area contributed by atoms with Crippen LogP contribution in [0.1, 0.15) is 5.56 Å². The Labute approximate surface area is 165 Å². The maximum Gasteiger partial charge on any atom is 0.226 e. The number of amides is 1. The number of halogens is 1. The summed E-state index contributed by atoms with van der Waals surface area (Å²) in [5.41, 5.74) is 2.74. The van der Waals surface area contributed by atoms with Crippen LogP contribution in [0.5, 0.6) is 0 Å². The highest BCUT2D eigenvalue weighted by molar-refractivity contribution is 7.22. The summed E-state index contributed by atoms with van der Waals surface area (Å²) in [5, 5.41) is 5.02. The van der Waals surface area contributed by atoms with Crippen LogP contribution in [0.3, 0.4) is 0 Å². The summed E-state index contributed by atoms with van der Waals surface area (Å²) < 4.78 is 14.6. The summed E-state index contributed by atoms with van der Waals surface area (Å²) in [6, 6.07) is 13.2. The van der Waals surface area contributed by atoms with Crippen LogP contribution in [0.2, 0.25) is 0 Å². The zero-order valence-electron chi connectivity index (χ0n) is 15.1. The lowest BCUT2D eigenvalue weighted by atomic mass is 10.00. The Morgan fingerprint density at radius 3 is 2.96 bits per heavy atom. The predicted octanol–water partition coefficient (Wildman–Crippen LogP) is 3.71. The second-order valence-corrected chi connectivity index (χ2v) is 8.09. The van der Waals surface area contributed by atoms with E-state index in [0.29, 0.717) is 25.2 Å². The van der Waals surface area contributed by atoms with Crippen molar-refractivity contribution in [3.05, 3.63) is 60.0 Å². The third kappa shape index (κ3) is 3.01. The second kappa shape index (κ2) is 6.91. The quantitative estimate of drug-likeness (QED) is 0.542. The molecule has 5 nitrogen and oxygen atoms in total. The molecule has 2 aromatic carbocycles. The van der Waals surface area contributed by atoms with Crippen LogP contribution in [-0.4, -0.2) is 35.5 Å². The molecule has 7 heteroatoms. The van der Waals surface area contributed by atoms with Gasteiger partial charge in [-0.1, -0.05) is 35.6 Å². The van der Waals surface area contributed by atoms with Gasteiger partial charge < -0.3 is 15.2 Å². The number of thiazole rings is 1. The minimum atomic E-state index is -0.299. The van der Waals surface area contributed by atoms with Crippen molar-refractivity contribution in [1.29, 1.82) is 0 Å². The van der Waals surface area contributed by atoms with Gasteiger partial charge in [0.25, 0.3) is 0 Å². The Hall–Kier alpha value is -2.93. The van der Waals surface area contributed by atoms with Crippen LogP contribution < -0.4 is 10.2 Å². The van der Waals surface area contributed by atoms with Crippen molar-refractivity contribution in [3.8, 4) is 0 Å². The number of carbonyl (C=O) groups is 1. The van der Waals surface area contributed by atoms with Crippen molar-refractivity contribution < 1.29 is 9.18 Å². The number of H-pyrrole nitrogens is 1. The molecule has 0 atom stereocenters. The Morgan fingerprint density at radius 1 is 1.25 bits per heavy atom. The minimum Gasteiger partial charge on any atom is -0.361 e. The molecule has 0 spiro atoms. The van der Waals surface area contributed by atoms with E-state index in [1.165, 1.54) is 28.4 Å². The smallest absolute Gasteiger partial charge is 0.226 e. The first-order valence-corrected chi connectivity index (χ1v) is 10.1. The Morgan fingerprint density at radius 2 is 2.11 bits per heavy atom. The molecule has 0 bridgehead atoms. The number of anilines is 1. The van der Waals surface area contributed by atoms with Crippen LogP contribution in [0.15, 0.2) is 48.7 Å². The zero-order chi connectivity index (χ0) is 19.1. The van der Waals surface area contributed by atoms with Gasteiger partial charge in [-0.25, -0.2) is 9.37 Å². The average molecular weight is 394 g/mol.